The van der Waals surface area contributed by atoms with Crippen LogP contribution < -0.4 is 0 Å². The molecule has 7 heteroatoms. The molecule has 1 heterocycles. The van der Waals surface area contributed by atoms with Crippen LogP contribution in [0.5, 0.6) is 0 Å². The summed E-state index contributed by atoms with van der Waals surface area (Å²) in [6.45, 7) is 5.66. The number of hydrogen-bond donors (Lipinski definition) is 0. The van der Waals surface area contributed by atoms with E-state index < -0.39 is 11.9 Å². The summed E-state index contributed by atoms with van der Waals surface area (Å²) in [6, 6.07) is 0. The molecule has 0 radical (unpaired) electrons. The van der Waals surface area contributed by atoms with Gasteiger partial charge in [-0.1, -0.05) is 32.1 Å². The number of ether oxygens (including phenoxy) is 4. The highest BCUT2D eigenvalue weighted by molar-refractivity contribution is 5.98. The molecule has 32 heavy (non-hydrogen) atoms. The Kier molecular flexibility index (Phi) is 17.0. The van der Waals surface area contributed by atoms with Crippen molar-refractivity contribution < 1.29 is 33.3 Å². The lowest BCUT2D eigenvalue weighted by molar-refractivity contribution is -0.162. The summed E-state index contributed by atoms with van der Waals surface area (Å²) in [5, 5.41) is 0. The van der Waals surface area contributed by atoms with Gasteiger partial charge in [0.25, 0.3) is 0 Å². The van der Waals surface area contributed by atoms with Gasteiger partial charge in [0.15, 0.2) is 6.29 Å². The first-order valence-electron chi connectivity index (χ1n) is 12.7. The molecule has 0 aromatic rings. The summed E-state index contributed by atoms with van der Waals surface area (Å²) in [5.41, 5.74) is 0. The van der Waals surface area contributed by atoms with Crippen LogP contribution in [0.3, 0.4) is 0 Å². The zero-order valence-electron chi connectivity index (χ0n) is 20.2. The topological polar surface area (TPSA) is 88.1 Å². The van der Waals surface area contributed by atoms with Gasteiger partial charge in [-0.05, 0) is 58.8 Å². The first-order valence-corrected chi connectivity index (χ1v) is 12.7. The van der Waals surface area contributed by atoms with Gasteiger partial charge in [-0.2, -0.15) is 0 Å². The molecule has 1 aliphatic rings. The van der Waals surface area contributed by atoms with E-state index >= 15 is 0 Å². The molecule has 1 saturated heterocycles. The van der Waals surface area contributed by atoms with Crippen LogP contribution in [0.4, 0.5) is 0 Å². The van der Waals surface area contributed by atoms with Gasteiger partial charge in [0.2, 0.25) is 0 Å². The van der Waals surface area contributed by atoms with E-state index in [0.717, 1.165) is 64.6 Å². The van der Waals surface area contributed by atoms with Gasteiger partial charge in [-0.15, -0.1) is 0 Å². The highest BCUT2D eigenvalue weighted by atomic mass is 16.7. The third-order valence-corrected chi connectivity index (χ3v) is 5.65. The molecular formula is C25H44O7. The fraction of sp³-hybridized carbons (Fsp3) is 0.880. The van der Waals surface area contributed by atoms with Crippen LogP contribution in [0.2, 0.25) is 0 Å². The summed E-state index contributed by atoms with van der Waals surface area (Å²) < 4.78 is 21.3. The van der Waals surface area contributed by atoms with E-state index in [1.807, 2.05) is 0 Å². The quantitative estimate of drug-likeness (QED) is 0.151. The Morgan fingerprint density at radius 1 is 0.844 bits per heavy atom. The van der Waals surface area contributed by atoms with Gasteiger partial charge in [0, 0.05) is 26.1 Å². The van der Waals surface area contributed by atoms with Crippen molar-refractivity contribution in [3.8, 4) is 0 Å². The van der Waals surface area contributed by atoms with Crippen LogP contribution in [-0.4, -0.2) is 50.4 Å². The Balaban J connectivity index is 2.09. The molecule has 1 aliphatic heterocycles. The maximum Gasteiger partial charge on any atom is 0.316 e. The monoisotopic (exact) mass is 456 g/mol. The number of Topliss-reactive ketones (excluding diaryl/α,β-unsaturated/α-hetero) is 1. The average molecular weight is 457 g/mol. The van der Waals surface area contributed by atoms with Crippen molar-refractivity contribution in [2.75, 3.05) is 26.4 Å². The molecule has 0 amide bonds. The van der Waals surface area contributed by atoms with E-state index in [2.05, 4.69) is 0 Å². The molecule has 2 atom stereocenters. The van der Waals surface area contributed by atoms with Gasteiger partial charge < -0.3 is 18.9 Å². The van der Waals surface area contributed by atoms with Crippen molar-refractivity contribution in [2.24, 2.45) is 5.92 Å². The predicted octanol–water partition coefficient (Wildman–Crippen LogP) is 5.13. The van der Waals surface area contributed by atoms with Gasteiger partial charge in [-0.3, -0.25) is 14.4 Å². The highest BCUT2D eigenvalue weighted by Crippen LogP contribution is 2.18. The molecule has 0 saturated carbocycles. The Morgan fingerprint density at radius 2 is 1.53 bits per heavy atom. The van der Waals surface area contributed by atoms with E-state index in [0.29, 0.717) is 25.9 Å². The minimum atomic E-state index is -0.766. The summed E-state index contributed by atoms with van der Waals surface area (Å²) in [5.74, 6) is -1.61. The van der Waals surface area contributed by atoms with Crippen LogP contribution in [0.1, 0.15) is 104 Å². The van der Waals surface area contributed by atoms with E-state index in [9.17, 15) is 14.4 Å². The van der Waals surface area contributed by atoms with E-state index in [4.69, 9.17) is 18.9 Å². The van der Waals surface area contributed by atoms with Crippen LogP contribution >= 0.6 is 0 Å². The van der Waals surface area contributed by atoms with E-state index in [1.54, 1.807) is 13.8 Å². The van der Waals surface area contributed by atoms with Crippen molar-refractivity contribution in [1.82, 2.24) is 0 Å². The zero-order valence-corrected chi connectivity index (χ0v) is 20.2. The summed E-state index contributed by atoms with van der Waals surface area (Å²) in [7, 11) is 0. The molecule has 1 fully saturated rings. The lowest BCUT2D eigenvalue weighted by atomic mass is 9.93. The van der Waals surface area contributed by atoms with Crippen molar-refractivity contribution in [1.29, 1.82) is 0 Å². The molecule has 0 aliphatic carbocycles. The smallest absolute Gasteiger partial charge is 0.316 e. The van der Waals surface area contributed by atoms with Crippen LogP contribution in [-0.2, 0) is 33.3 Å². The number of rotatable bonds is 19. The molecule has 0 aromatic carbocycles. The fourth-order valence-electron chi connectivity index (χ4n) is 3.85. The lowest BCUT2D eigenvalue weighted by Crippen LogP contribution is -2.26. The first kappa shape index (κ1) is 28.6. The third kappa shape index (κ3) is 13.8. The molecular weight excluding hydrogens is 412 g/mol. The molecule has 7 nitrogen and oxygen atoms in total. The summed E-state index contributed by atoms with van der Waals surface area (Å²) >= 11 is 0. The first-order chi connectivity index (χ1) is 15.6. The van der Waals surface area contributed by atoms with Crippen LogP contribution in [0.25, 0.3) is 0 Å². The fourth-order valence-corrected chi connectivity index (χ4v) is 3.85. The molecule has 0 N–H and O–H groups in total. The standard InChI is InChI=1S/C25H44O7/c1-3-29-23(27)17-14-15-21(25(28)30-4-2)22(26)16-10-8-6-5-7-9-12-19-31-24-18-11-13-20-32-24/h21,24H,3-20H2,1-2H3. The minimum absolute atomic E-state index is 0.00452. The number of esters is 2. The minimum Gasteiger partial charge on any atom is -0.466 e. The normalized spacial score (nSPS) is 17.0. The maximum atomic E-state index is 12.6. The maximum absolute atomic E-state index is 12.6. The molecule has 0 bridgehead atoms. The highest BCUT2D eigenvalue weighted by Gasteiger charge is 2.27. The summed E-state index contributed by atoms with van der Waals surface area (Å²) in [6.07, 6.45) is 12.1. The second-order valence-electron chi connectivity index (χ2n) is 8.36. The largest absolute Gasteiger partial charge is 0.466 e. The van der Waals surface area contributed by atoms with E-state index in [1.165, 1.54) is 12.8 Å². The second-order valence-corrected chi connectivity index (χ2v) is 8.36. The predicted molar refractivity (Wildman–Crippen MR) is 122 cm³/mol. The molecule has 1 rings (SSSR count). The molecule has 0 aromatic heterocycles. The number of ketones is 1. The number of carbonyl (C=O) groups excluding carboxylic acids is 3. The Bertz CT molecular complexity index is 514. The van der Waals surface area contributed by atoms with Crippen molar-refractivity contribution >= 4 is 17.7 Å². The Morgan fingerprint density at radius 3 is 2.19 bits per heavy atom. The van der Waals surface area contributed by atoms with Gasteiger partial charge >= 0.3 is 11.9 Å². The lowest BCUT2D eigenvalue weighted by Gasteiger charge is -2.22. The zero-order chi connectivity index (χ0) is 23.4. The number of carbonyl (C=O) groups is 3. The molecule has 186 valence electrons. The Labute approximate surface area is 193 Å². The third-order valence-electron chi connectivity index (χ3n) is 5.65. The molecule has 2 unspecified atom stereocenters. The van der Waals surface area contributed by atoms with E-state index in [-0.39, 0.29) is 31.1 Å². The molecule has 0 spiro atoms. The second kappa shape index (κ2) is 19.0. The van der Waals surface area contributed by atoms with Gasteiger partial charge in [0.05, 0.1) is 13.2 Å². The average Bonchev–Trinajstić information content (AvgIpc) is 2.78. The van der Waals surface area contributed by atoms with Crippen LogP contribution in [0, 0.1) is 5.92 Å². The van der Waals surface area contributed by atoms with Crippen molar-refractivity contribution in [3.63, 3.8) is 0 Å². The SMILES string of the molecule is CCOC(=O)CCCC(C(=O)CCCCCCCCCOC1CCCCO1)C(=O)OCC. The summed E-state index contributed by atoms with van der Waals surface area (Å²) in [4.78, 5) is 36.2. The number of hydrogen-bond acceptors (Lipinski definition) is 7. The van der Waals surface area contributed by atoms with Gasteiger partial charge in [0.1, 0.15) is 11.7 Å². The van der Waals surface area contributed by atoms with Crippen molar-refractivity contribution in [3.05, 3.63) is 0 Å². The Hall–Kier alpha value is -1.47. The van der Waals surface area contributed by atoms with Gasteiger partial charge in [-0.25, -0.2) is 0 Å². The number of unbranched alkanes of at least 4 members (excludes halogenated alkanes) is 6. The van der Waals surface area contributed by atoms with Crippen molar-refractivity contribution in [2.45, 2.75) is 110 Å². The van der Waals surface area contributed by atoms with Crippen LogP contribution in [0.15, 0.2) is 0 Å².